The Bertz CT molecular complexity index is 793. The Hall–Kier alpha value is -2.21. The van der Waals surface area contributed by atoms with Crippen LogP contribution in [0.3, 0.4) is 0 Å². The summed E-state index contributed by atoms with van der Waals surface area (Å²) in [5.74, 6) is 0.108. The van der Waals surface area contributed by atoms with Crippen molar-refractivity contribution in [2.75, 3.05) is 19.7 Å². The second-order valence-electron chi connectivity index (χ2n) is 6.54. The highest BCUT2D eigenvalue weighted by molar-refractivity contribution is 6.31. The number of hydrogen-bond donors (Lipinski definition) is 0. The maximum atomic E-state index is 12.8. The number of halogens is 4. The van der Waals surface area contributed by atoms with Gasteiger partial charge in [0.1, 0.15) is 5.75 Å². The molecular weight excluding hydrogens is 379 g/mol. The third-order valence-corrected chi connectivity index (χ3v) is 4.90. The minimum Gasteiger partial charge on any atom is -0.484 e. The number of carbonyl (C=O) groups is 1. The molecule has 27 heavy (non-hydrogen) atoms. The summed E-state index contributed by atoms with van der Waals surface area (Å²) in [4.78, 5) is 14.5. The molecule has 1 aliphatic heterocycles. The molecule has 2 aromatic carbocycles. The summed E-state index contributed by atoms with van der Waals surface area (Å²) in [6.45, 7) is -0.146. The van der Waals surface area contributed by atoms with Gasteiger partial charge < -0.3 is 9.64 Å². The van der Waals surface area contributed by atoms with E-state index in [-0.39, 0.29) is 17.6 Å². The fourth-order valence-electron chi connectivity index (χ4n) is 3.26. The van der Waals surface area contributed by atoms with Crippen LogP contribution in [0.5, 0.6) is 5.75 Å². The molecule has 0 N–H and O–H groups in total. The third kappa shape index (κ3) is 5.16. The Morgan fingerprint density at radius 2 is 1.85 bits per heavy atom. The van der Waals surface area contributed by atoms with Crippen LogP contribution in [0.4, 0.5) is 13.2 Å². The summed E-state index contributed by atoms with van der Waals surface area (Å²) in [7, 11) is 0. The van der Waals surface area contributed by atoms with E-state index in [0.717, 1.165) is 18.4 Å². The van der Waals surface area contributed by atoms with Gasteiger partial charge in [-0.05, 0) is 48.7 Å². The van der Waals surface area contributed by atoms with Crippen molar-refractivity contribution in [3.8, 4) is 5.75 Å². The predicted octanol–water partition coefficient (Wildman–Crippen LogP) is 5.30. The van der Waals surface area contributed by atoms with Crippen molar-refractivity contribution in [3.63, 3.8) is 0 Å². The number of amides is 1. The van der Waals surface area contributed by atoms with E-state index in [1.807, 2.05) is 24.3 Å². The maximum Gasteiger partial charge on any atom is 0.422 e. The van der Waals surface area contributed by atoms with Crippen LogP contribution in [-0.4, -0.2) is 36.7 Å². The Balaban J connectivity index is 1.65. The number of hydrogen-bond acceptors (Lipinski definition) is 2. The molecule has 0 aliphatic carbocycles. The first-order valence-electron chi connectivity index (χ1n) is 8.67. The zero-order valence-corrected chi connectivity index (χ0v) is 15.3. The number of piperidine rings is 1. The van der Waals surface area contributed by atoms with Gasteiger partial charge in [-0.1, -0.05) is 29.8 Å². The molecule has 1 atom stereocenters. The van der Waals surface area contributed by atoms with Crippen molar-refractivity contribution in [1.29, 1.82) is 0 Å². The third-order valence-electron chi connectivity index (χ3n) is 4.56. The maximum absolute atomic E-state index is 12.8. The second kappa shape index (κ2) is 8.21. The van der Waals surface area contributed by atoms with Gasteiger partial charge in [0.2, 0.25) is 0 Å². The molecule has 1 aliphatic rings. The molecule has 0 radical (unpaired) electrons. The predicted molar refractivity (Wildman–Crippen MR) is 97.3 cm³/mol. The van der Waals surface area contributed by atoms with Gasteiger partial charge in [-0.3, -0.25) is 4.79 Å². The summed E-state index contributed by atoms with van der Waals surface area (Å²) in [6, 6.07) is 13.4. The van der Waals surface area contributed by atoms with Crippen LogP contribution in [0, 0.1) is 0 Å². The minimum absolute atomic E-state index is 0.0801. The van der Waals surface area contributed by atoms with Crippen molar-refractivity contribution in [1.82, 2.24) is 4.90 Å². The molecule has 1 amide bonds. The Morgan fingerprint density at radius 1 is 1.15 bits per heavy atom. The van der Waals surface area contributed by atoms with E-state index in [4.69, 9.17) is 11.6 Å². The van der Waals surface area contributed by atoms with Gasteiger partial charge >= 0.3 is 6.18 Å². The Kier molecular flexibility index (Phi) is 5.95. The first kappa shape index (κ1) is 19.5. The van der Waals surface area contributed by atoms with E-state index >= 15 is 0 Å². The van der Waals surface area contributed by atoms with E-state index < -0.39 is 12.8 Å². The van der Waals surface area contributed by atoms with Gasteiger partial charge in [-0.15, -0.1) is 0 Å². The van der Waals surface area contributed by atoms with Gasteiger partial charge in [0, 0.05) is 29.6 Å². The molecule has 3 rings (SSSR count). The first-order chi connectivity index (χ1) is 12.8. The van der Waals surface area contributed by atoms with Gasteiger partial charge in [0.25, 0.3) is 5.91 Å². The van der Waals surface area contributed by atoms with E-state index in [9.17, 15) is 18.0 Å². The molecule has 1 heterocycles. The molecule has 1 unspecified atom stereocenters. The number of alkyl halides is 3. The number of likely N-dealkylation sites (tertiary alicyclic amines) is 1. The highest BCUT2D eigenvalue weighted by atomic mass is 35.5. The number of carbonyl (C=O) groups excluding carboxylic acids is 1. The van der Waals surface area contributed by atoms with Crippen LogP contribution in [-0.2, 0) is 0 Å². The van der Waals surface area contributed by atoms with Gasteiger partial charge in [-0.25, -0.2) is 0 Å². The second-order valence-corrected chi connectivity index (χ2v) is 6.95. The minimum atomic E-state index is -4.39. The van der Waals surface area contributed by atoms with E-state index in [1.54, 1.807) is 4.90 Å². The van der Waals surface area contributed by atoms with E-state index in [0.29, 0.717) is 23.7 Å². The lowest BCUT2D eigenvalue weighted by molar-refractivity contribution is -0.153. The molecule has 3 nitrogen and oxygen atoms in total. The van der Waals surface area contributed by atoms with Crippen molar-refractivity contribution in [2.45, 2.75) is 24.9 Å². The molecule has 0 saturated carbocycles. The van der Waals surface area contributed by atoms with Crippen LogP contribution < -0.4 is 4.74 Å². The largest absolute Gasteiger partial charge is 0.484 e. The lowest BCUT2D eigenvalue weighted by atomic mass is 9.90. The smallest absolute Gasteiger partial charge is 0.422 e. The average molecular weight is 398 g/mol. The first-order valence-corrected chi connectivity index (χ1v) is 9.04. The van der Waals surface area contributed by atoms with Crippen LogP contribution >= 0.6 is 11.6 Å². The van der Waals surface area contributed by atoms with Crippen molar-refractivity contribution in [2.24, 2.45) is 0 Å². The quantitative estimate of drug-likeness (QED) is 0.700. The van der Waals surface area contributed by atoms with Crippen molar-refractivity contribution < 1.29 is 22.7 Å². The number of nitrogens with zero attached hydrogens (tertiary/aromatic N) is 1. The molecule has 0 bridgehead atoms. The zero-order valence-electron chi connectivity index (χ0n) is 14.5. The highest BCUT2D eigenvalue weighted by Gasteiger charge is 2.29. The summed E-state index contributed by atoms with van der Waals surface area (Å²) in [5.41, 5.74) is 1.46. The van der Waals surface area contributed by atoms with Crippen LogP contribution in [0.2, 0.25) is 5.02 Å². The molecule has 0 aromatic heterocycles. The number of ether oxygens (including phenoxy) is 1. The van der Waals surface area contributed by atoms with E-state index in [1.165, 1.54) is 24.3 Å². The highest BCUT2D eigenvalue weighted by Crippen LogP contribution is 2.32. The number of benzene rings is 2. The molecule has 7 heteroatoms. The molecule has 1 fully saturated rings. The molecule has 0 spiro atoms. The standard InChI is InChI=1S/C20H19ClF3NO2/c21-18-6-2-1-5-17(18)15-4-3-11-25(12-15)19(26)14-7-9-16(10-8-14)27-13-20(22,23)24/h1-2,5-10,15H,3-4,11-13H2. The monoisotopic (exact) mass is 397 g/mol. The molecule has 144 valence electrons. The summed E-state index contributed by atoms with van der Waals surface area (Å²) < 4.78 is 41.3. The van der Waals surface area contributed by atoms with Crippen molar-refractivity contribution in [3.05, 3.63) is 64.7 Å². The van der Waals surface area contributed by atoms with Crippen LogP contribution in [0.1, 0.15) is 34.7 Å². The average Bonchev–Trinajstić information content (AvgIpc) is 2.66. The topological polar surface area (TPSA) is 29.5 Å². The molecule has 2 aromatic rings. The molecule has 1 saturated heterocycles. The van der Waals surface area contributed by atoms with Gasteiger partial charge in [0.15, 0.2) is 6.61 Å². The lowest BCUT2D eigenvalue weighted by Crippen LogP contribution is -2.39. The Labute approximate surface area is 160 Å². The fourth-order valence-corrected chi connectivity index (χ4v) is 3.55. The molecular formula is C20H19ClF3NO2. The lowest BCUT2D eigenvalue weighted by Gasteiger charge is -2.33. The van der Waals surface area contributed by atoms with Crippen LogP contribution in [0.15, 0.2) is 48.5 Å². The normalized spacial score (nSPS) is 17.6. The van der Waals surface area contributed by atoms with Crippen LogP contribution in [0.25, 0.3) is 0 Å². The number of rotatable bonds is 4. The van der Waals surface area contributed by atoms with E-state index in [2.05, 4.69) is 4.74 Å². The van der Waals surface area contributed by atoms with Crippen molar-refractivity contribution >= 4 is 17.5 Å². The summed E-state index contributed by atoms with van der Waals surface area (Å²) in [5, 5.41) is 0.697. The SMILES string of the molecule is O=C(c1ccc(OCC(F)(F)F)cc1)N1CCCC(c2ccccc2Cl)C1. The van der Waals surface area contributed by atoms with Gasteiger partial charge in [0.05, 0.1) is 0 Å². The summed E-state index contributed by atoms with van der Waals surface area (Å²) in [6.07, 6.45) is -2.57. The Morgan fingerprint density at radius 3 is 2.52 bits per heavy atom. The fraction of sp³-hybridized carbons (Fsp3) is 0.350. The summed E-state index contributed by atoms with van der Waals surface area (Å²) >= 11 is 6.28. The zero-order chi connectivity index (χ0) is 19.4. The van der Waals surface area contributed by atoms with Gasteiger partial charge in [-0.2, -0.15) is 13.2 Å².